The van der Waals surface area contributed by atoms with Crippen LogP contribution in [0.5, 0.6) is 0 Å². The van der Waals surface area contributed by atoms with E-state index in [-0.39, 0.29) is 17.6 Å². The number of benzene rings is 1. The number of thioether (sulfide) groups is 1. The van der Waals surface area contributed by atoms with Crippen molar-refractivity contribution in [3.05, 3.63) is 29.8 Å². The molecule has 0 aliphatic carbocycles. The Balaban J connectivity index is 1.51. The van der Waals surface area contributed by atoms with Gasteiger partial charge in [-0.3, -0.25) is 9.59 Å². The summed E-state index contributed by atoms with van der Waals surface area (Å²) in [6.45, 7) is 5.87. The molecule has 3 rings (SSSR count). The highest BCUT2D eigenvalue weighted by Crippen LogP contribution is 2.23. The van der Waals surface area contributed by atoms with E-state index in [1.807, 2.05) is 31.2 Å². The Hall–Kier alpha value is -2.35. The fraction of sp³-hybridized carbons (Fsp3) is 0.412. The second-order valence-corrected chi connectivity index (χ2v) is 6.84. The van der Waals surface area contributed by atoms with Crippen LogP contribution in [0.25, 0.3) is 11.5 Å². The van der Waals surface area contributed by atoms with Crippen LogP contribution in [0.2, 0.25) is 0 Å². The Kier molecular flexibility index (Phi) is 5.37. The number of carbonyl (C=O) groups excluding carboxylic acids is 2. The molecule has 2 amide bonds. The third kappa shape index (κ3) is 4.39. The number of hydrogen-bond acceptors (Lipinski definition) is 6. The molecular weight excluding hydrogens is 340 g/mol. The predicted molar refractivity (Wildman–Crippen MR) is 94.0 cm³/mol. The molecule has 132 valence electrons. The fourth-order valence-electron chi connectivity index (χ4n) is 2.57. The monoisotopic (exact) mass is 360 g/mol. The number of carbonyl (C=O) groups is 2. The molecule has 2 heterocycles. The summed E-state index contributed by atoms with van der Waals surface area (Å²) in [5, 5.41) is 8.40. The summed E-state index contributed by atoms with van der Waals surface area (Å²) in [7, 11) is 0. The third-order valence-corrected chi connectivity index (χ3v) is 4.91. The zero-order valence-corrected chi connectivity index (χ0v) is 15.1. The van der Waals surface area contributed by atoms with Gasteiger partial charge in [-0.25, -0.2) is 0 Å². The van der Waals surface area contributed by atoms with Crippen molar-refractivity contribution in [2.24, 2.45) is 0 Å². The molecule has 25 heavy (non-hydrogen) atoms. The number of hydrogen-bond donors (Lipinski definition) is 0. The molecule has 8 heteroatoms. The zero-order valence-electron chi connectivity index (χ0n) is 14.3. The van der Waals surface area contributed by atoms with Gasteiger partial charge < -0.3 is 14.2 Å². The van der Waals surface area contributed by atoms with Gasteiger partial charge in [-0.1, -0.05) is 29.5 Å². The zero-order chi connectivity index (χ0) is 17.8. The van der Waals surface area contributed by atoms with Gasteiger partial charge in [0, 0.05) is 38.7 Å². The highest BCUT2D eigenvalue weighted by Gasteiger charge is 2.22. The summed E-state index contributed by atoms with van der Waals surface area (Å²) in [6, 6.07) is 7.82. The standard InChI is InChI=1S/C17H20N4O3S/c1-12-3-5-14(6-4-12)16-18-19-17(24-16)25-11-15(23)21-9-7-20(8-10-21)13(2)22/h3-6H,7-11H2,1-2H3. The summed E-state index contributed by atoms with van der Waals surface area (Å²) in [6.07, 6.45) is 0. The minimum Gasteiger partial charge on any atom is -0.411 e. The lowest BCUT2D eigenvalue weighted by molar-refractivity contribution is -0.136. The van der Waals surface area contributed by atoms with Gasteiger partial charge >= 0.3 is 0 Å². The van der Waals surface area contributed by atoms with E-state index in [1.165, 1.54) is 11.8 Å². The van der Waals surface area contributed by atoms with Gasteiger partial charge in [0.1, 0.15) is 0 Å². The normalized spacial score (nSPS) is 14.6. The molecule has 1 saturated heterocycles. The number of aromatic nitrogens is 2. The lowest BCUT2D eigenvalue weighted by Gasteiger charge is -2.34. The van der Waals surface area contributed by atoms with Gasteiger partial charge in [-0.05, 0) is 19.1 Å². The van der Waals surface area contributed by atoms with E-state index in [2.05, 4.69) is 10.2 Å². The molecule has 0 spiro atoms. The third-order valence-electron chi connectivity index (χ3n) is 4.10. The number of nitrogens with zero attached hydrogens (tertiary/aromatic N) is 4. The maximum atomic E-state index is 12.3. The molecule has 0 unspecified atom stereocenters. The van der Waals surface area contributed by atoms with Gasteiger partial charge in [-0.2, -0.15) is 0 Å². The van der Waals surface area contributed by atoms with Gasteiger partial charge in [0.05, 0.1) is 5.75 Å². The van der Waals surface area contributed by atoms with Crippen LogP contribution in [0.4, 0.5) is 0 Å². The van der Waals surface area contributed by atoms with Gasteiger partial charge in [0.2, 0.25) is 17.7 Å². The van der Waals surface area contributed by atoms with Crippen LogP contribution in [0.15, 0.2) is 33.9 Å². The molecule has 1 aromatic heterocycles. The molecule has 1 aliphatic heterocycles. The Morgan fingerprint density at radius 1 is 1.08 bits per heavy atom. The van der Waals surface area contributed by atoms with Crippen LogP contribution < -0.4 is 0 Å². The SMILES string of the molecule is CC(=O)N1CCN(C(=O)CSc2nnc(-c3ccc(C)cc3)o2)CC1. The number of aryl methyl sites for hydroxylation is 1. The van der Waals surface area contributed by atoms with E-state index in [4.69, 9.17) is 4.42 Å². The molecule has 1 aromatic carbocycles. The molecule has 1 aliphatic rings. The first-order chi connectivity index (χ1) is 12.0. The smallest absolute Gasteiger partial charge is 0.277 e. The van der Waals surface area contributed by atoms with Gasteiger partial charge in [-0.15, -0.1) is 10.2 Å². The summed E-state index contributed by atoms with van der Waals surface area (Å²) in [5.41, 5.74) is 2.02. The maximum Gasteiger partial charge on any atom is 0.277 e. The highest BCUT2D eigenvalue weighted by molar-refractivity contribution is 7.99. The van der Waals surface area contributed by atoms with Crippen molar-refractivity contribution >= 4 is 23.6 Å². The van der Waals surface area contributed by atoms with Crippen LogP contribution in [-0.4, -0.2) is 63.7 Å². The first kappa shape index (κ1) is 17.5. The minimum absolute atomic E-state index is 0.0169. The molecule has 0 N–H and O–H groups in total. The Morgan fingerprint density at radius 3 is 2.36 bits per heavy atom. The second kappa shape index (κ2) is 7.69. The van der Waals surface area contributed by atoms with E-state index < -0.39 is 0 Å². The summed E-state index contributed by atoms with van der Waals surface area (Å²) < 4.78 is 5.61. The molecule has 0 saturated carbocycles. The van der Waals surface area contributed by atoms with E-state index >= 15 is 0 Å². The summed E-state index contributed by atoms with van der Waals surface area (Å²) >= 11 is 1.24. The van der Waals surface area contributed by atoms with E-state index in [1.54, 1.807) is 16.7 Å². The fourth-order valence-corrected chi connectivity index (χ4v) is 3.23. The topological polar surface area (TPSA) is 79.5 Å². The molecule has 0 atom stereocenters. The quantitative estimate of drug-likeness (QED) is 0.774. The molecule has 0 bridgehead atoms. The van der Waals surface area contributed by atoms with Crippen molar-refractivity contribution in [3.63, 3.8) is 0 Å². The molecule has 2 aromatic rings. The molecule has 0 radical (unpaired) electrons. The largest absolute Gasteiger partial charge is 0.411 e. The maximum absolute atomic E-state index is 12.3. The van der Waals surface area contributed by atoms with Gasteiger partial charge in [0.25, 0.3) is 5.22 Å². The van der Waals surface area contributed by atoms with E-state index in [9.17, 15) is 9.59 Å². The van der Waals surface area contributed by atoms with Crippen LogP contribution in [0.3, 0.4) is 0 Å². The second-order valence-electron chi connectivity index (χ2n) is 5.91. The van der Waals surface area contributed by atoms with Crippen molar-refractivity contribution in [1.29, 1.82) is 0 Å². The lowest BCUT2D eigenvalue weighted by Crippen LogP contribution is -2.50. The number of piperazine rings is 1. The molecular formula is C17H20N4O3S. The Bertz CT molecular complexity index is 752. The number of amides is 2. The average Bonchev–Trinajstić information content (AvgIpc) is 3.09. The van der Waals surface area contributed by atoms with Crippen LogP contribution in [0.1, 0.15) is 12.5 Å². The Morgan fingerprint density at radius 2 is 1.72 bits per heavy atom. The van der Waals surface area contributed by atoms with Crippen LogP contribution in [-0.2, 0) is 9.59 Å². The summed E-state index contributed by atoms with van der Waals surface area (Å²) in [5.74, 6) is 0.763. The van der Waals surface area contributed by atoms with Gasteiger partial charge in [0.15, 0.2) is 0 Å². The van der Waals surface area contributed by atoms with Crippen molar-refractivity contribution in [2.45, 2.75) is 19.1 Å². The van der Waals surface area contributed by atoms with E-state index in [0.717, 1.165) is 11.1 Å². The number of rotatable bonds is 4. The highest BCUT2D eigenvalue weighted by atomic mass is 32.2. The first-order valence-electron chi connectivity index (χ1n) is 8.09. The van der Waals surface area contributed by atoms with Crippen molar-refractivity contribution in [1.82, 2.24) is 20.0 Å². The molecule has 7 nitrogen and oxygen atoms in total. The Labute approximate surface area is 150 Å². The van der Waals surface area contributed by atoms with Crippen molar-refractivity contribution in [3.8, 4) is 11.5 Å². The lowest BCUT2D eigenvalue weighted by atomic mass is 10.1. The predicted octanol–water partition coefficient (Wildman–Crippen LogP) is 1.83. The van der Waals surface area contributed by atoms with Crippen molar-refractivity contribution < 1.29 is 14.0 Å². The first-order valence-corrected chi connectivity index (χ1v) is 9.08. The molecule has 1 fully saturated rings. The summed E-state index contributed by atoms with van der Waals surface area (Å²) in [4.78, 5) is 27.1. The van der Waals surface area contributed by atoms with E-state index in [0.29, 0.717) is 37.3 Å². The van der Waals surface area contributed by atoms with Crippen LogP contribution >= 0.6 is 11.8 Å². The average molecular weight is 360 g/mol. The minimum atomic E-state index is 0.0169. The van der Waals surface area contributed by atoms with Crippen molar-refractivity contribution in [2.75, 3.05) is 31.9 Å². The van der Waals surface area contributed by atoms with Crippen LogP contribution in [0, 0.1) is 6.92 Å².